The summed E-state index contributed by atoms with van der Waals surface area (Å²) in [6.45, 7) is 0.382. The summed E-state index contributed by atoms with van der Waals surface area (Å²) in [6, 6.07) is 9.39. The van der Waals surface area contributed by atoms with Crippen molar-refractivity contribution >= 4 is 29.3 Å². The van der Waals surface area contributed by atoms with E-state index in [-0.39, 0.29) is 12.5 Å². The monoisotopic (exact) mass is 404 g/mol. The van der Waals surface area contributed by atoms with E-state index in [0.717, 1.165) is 11.1 Å². The van der Waals surface area contributed by atoms with E-state index in [1.807, 2.05) is 6.07 Å². The molecule has 0 radical (unpaired) electrons. The van der Waals surface area contributed by atoms with Crippen LogP contribution in [0.1, 0.15) is 23.6 Å². The molecule has 2 aromatic carbocycles. The average molecular weight is 405 g/mol. The van der Waals surface area contributed by atoms with Gasteiger partial charge < -0.3 is 24.8 Å². The van der Waals surface area contributed by atoms with Gasteiger partial charge in [-0.25, -0.2) is 4.79 Å². The minimum absolute atomic E-state index is 0.217. The third kappa shape index (κ3) is 4.14. The largest absolute Gasteiger partial charge is 0.493 e. The standard InChI is InChI=1S/C20H21ClN2O5/c1-27-17-8-12-6-7-23(20(26)22-14-5-3-4-13(21)9-14)16(11-19(24)25)15(12)10-18(17)28-2/h3-5,8-10,16H,6-7,11H2,1-2H3,(H,22,26)(H,24,25). The first-order chi connectivity index (χ1) is 13.4. The number of nitrogens with one attached hydrogen (secondary N) is 1. The van der Waals surface area contributed by atoms with Crippen molar-refractivity contribution < 1.29 is 24.2 Å². The number of carbonyl (C=O) groups is 2. The molecule has 8 heteroatoms. The molecule has 0 aromatic heterocycles. The number of nitrogens with zero attached hydrogens (tertiary/aromatic N) is 1. The quantitative estimate of drug-likeness (QED) is 0.787. The Labute approximate surface area is 167 Å². The molecule has 3 rings (SSSR count). The van der Waals surface area contributed by atoms with Gasteiger partial charge in [0.1, 0.15) is 0 Å². The molecular formula is C20H21ClN2O5. The number of hydrogen-bond donors (Lipinski definition) is 2. The van der Waals surface area contributed by atoms with Gasteiger partial charge >= 0.3 is 12.0 Å². The Kier molecular flexibility index (Phi) is 5.94. The number of aliphatic carboxylic acids is 1. The van der Waals surface area contributed by atoms with E-state index < -0.39 is 12.0 Å². The number of carboxylic acid groups (broad SMARTS) is 1. The second-order valence-electron chi connectivity index (χ2n) is 6.40. The summed E-state index contributed by atoms with van der Waals surface area (Å²) in [7, 11) is 3.06. The van der Waals surface area contributed by atoms with Crippen molar-refractivity contribution in [1.29, 1.82) is 0 Å². The highest BCUT2D eigenvalue weighted by atomic mass is 35.5. The van der Waals surface area contributed by atoms with Gasteiger partial charge in [-0.1, -0.05) is 17.7 Å². The van der Waals surface area contributed by atoms with Gasteiger partial charge in [0.15, 0.2) is 11.5 Å². The molecule has 7 nitrogen and oxygen atoms in total. The van der Waals surface area contributed by atoms with Crippen LogP contribution in [0.15, 0.2) is 36.4 Å². The second-order valence-corrected chi connectivity index (χ2v) is 6.84. The summed E-state index contributed by atoms with van der Waals surface area (Å²) in [5, 5.41) is 12.7. The molecule has 1 atom stereocenters. The molecule has 0 spiro atoms. The van der Waals surface area contributed by atoms with Crippen molar-refractivity contribution in [2.45, 2.75) is 18.9 Å². The normalized spacial score (nSPS) is 15.5. The molecule has 1 unspecified atom stereocenters. The van der Waals surface area contributed by atoms with Gasteiger partial charge in [0.2, 0.25) is 0 Å². The number of amides is 2. The van der Waals surface area contributed by atoms with Gasteiger partial charge in [0.05, 0.1) is 26.7 Å². The molecule has 2 N–H and O–H groups in total. The number of urea groups is 1. The van der Waals surface area contributed by atoms with Crippen LogP contribution in [-0.2, 0) is 11.2 Å². The van der Waals surface area contributed by atoms with E-state index in [4.69, 9.17) is 21.1 Å². The molecule has 0 aliphatic carbocycles. The van der Waals surface area contributed by atoms with Crippen LogP contribution in [0.3, 0.4) is 0 Å². The maximum absolute atomic E-state index is 12.9. The fourth-order valence-electron chi connectivity index (χ4n) is 3.42. The van der Waals surface area contributed by atoms with E-state index in [0.29, 0.717) is 35.2 Å². The zero-order valence-electron chi connectivity index (χ0n) is 15.6. The summed E-state index contributed by atoms with van der Waals surface area (Å²) in [5.74, 6) is 0.0779. The Morgan fingerprint density at radius 3 is 2.57 bits per heavy atom. The molecule has 2 amide bonds. The lowest BCUT2D eigenvalue weighted by Crippen LogP contribution is -2.43. The molecule has 1 aliphatic heterocycles. The minimum Gasteiger partial charge on any atom is -0.493 e. The highest BCUT2D eigenvalue weighted by Crippen LogP contribution is 2.39. The molecule has 1 aliphatic rings. The van der Waals surface area contributed by atoms with Crippen LogP contribution in [0.25, 0.3) is 0 Å². The summed E-state index contributed by atoms with van der Waals surface area (Å²) >= 11 is 5.97. The predicted molar refractivity (Wildman–Crippen MR) is 105 cm³/mol. The van der Waals surface area contributed by atoms with E-state index >= 15 is 0 Å². The number of benzene rings is 2. The molecule has 28 heavy (non-hydrogen) atoms. The molecule has 0 bridgehead atoms. The van der Waals surface area contributed by atoms with E-state index in [1.54, 1.807) is 37.4 Å². The SMILES string of the molecule is COc1cc2c(cc1OC)C(CC(=O)O)N(C(=O)Nc1cccc(Cl)c1)CC2. The van der Waals surface area contributed by atoms with E-state index in [1.165, 1.54) is 12.0 Å². The van der Waals surface area contributed by atoms with Crippen LogP contribution in [-0.4, -0.2) is 42.8 Å². The van der Waals surface area contributed by atoms with Crippen LogP contribution in [0.2, 0.25) is 5.02 Å². The molecule has 0 saturated heterocycles. The molecule has 0 fully saturated rings. The Bertz CT molecular complexity index is 902. The van der Waals surface area contributed by atoms with Gasteiger partial charge in [-0.2, -0.15) is 0 Å². The van der Waals surface area contributed by atoms with Gasteiger partial charge in [-0.05, 0) is 47.9 Å². The number of halogens is 1. The fraction of sp³-hybridized carbons (Fsp3) is 0.300. The zero-order chi connectivity index (χ0) is 20.3. The van der Waals surface area contributed by atoms with Crippen LogP contribution >= 0.6 is 11.6 Å². The summed E-state index contributed by atoms with van der Waals surface area (Å²) in [4.78, 5) is 25.9. The third-order valence-electron chi connectivity index (χ3n) is 4.71. The minimum atomic E-state index is -0.992. The summed E-state index contributed by atoms with van der Waals surface area (Å²) in [5.41, 5.74) is 2.23. The molecule has 148 valence electrons. The number of methoxy groups -OCH3 is 2. The number of rotatable bonds is 5. The Hall–Kier alpha value is -2.93. The van der Waals surface area contributed by atoms with Crippen molar-refractivity contribution in [1.82, 2.24) is 4.90 Å². The lowest BCUT2D eigenvalue weighted by atomic mass is 9.90. The second kappa shape index (κ2) is 8.39. The lowest BCUT2D eigenvalue weighted by molar-refractivity contribution is -0.138. The van der Waals surface area contributed by atoms with Crippen LogP contribution in [0.4, 0.5) is 10.5 Å². The summed E-state index contributed by atoms with van der Waals surface area (Å²) in [6.07, 6.45) is 0.361. The van der Waals surface area contributed by atoms with Gasteiger partial charge in [-0.15, -0.1) is 0 Å². The Balaban J connectivity index is 1.94. The number of fused-ring (bicyclic) bond motifs is 1. The highest BCUT2D eigenvalue weighted by Gasteiger charge is 2.33. The van der Waals surface area contributed by atoms with Crippen LogP contribution < -0.4 is 14.8 Å². The first-order valence-corrected chi connectivity index (χ1v) is 9.10. The third-order valence-corrected chi connectivity index (χ3v) is 4.94. The maximum atomic E-state index is 12.9. The van der Waals surface area contributed by atoms with E-state index in [2.05, 4.69) is 5.32 Å². The number of hydrogen-bond acceptors (Lipinski definition) is 4. The Morgan fingerprint density at radius 2 is 1.93 bits per heavy atom. The topological polar surface area (TPSA) is 88.1 Å². The van der Waals surface area contributed by atoms with Gasteiger partial charge in [-0.3, -0.25) is 4.79 Å². The number of carboxylic acids is 1. The first-order valence-electron chi connectivity index (χ1n) is 8.72. The molecular weight excluding hydrogens is 384 g/mol. The van der Waals surface area contributed by atoms with Crippen molar-refractivity contribution in [3.63, 3.8) is 0 Å². The smallest absolute Gasteiger partial charge is 0.322 e. The predicted octanol–water partition coefficient (Wildman–Crippen LogP) is 3.96. The van der Waals surface area contributed by atoms with Crippen molar-refractivity contribution in [3.8, 4) is 11.5 Å². The lowest BCUT2D eigenvalue weighted by Gasteiger charge is -2.37. The van der Waals surface area contributed by atoms with Crippen molar-refractivity contribution in [2.75, 3.05) is 26.1 Å². The van der Waals surface area contributed by atoms with Gasteiger partial charge in [0.25, 0.3) is 0 Å². The molecule has 1 heterocycles. The molecule has 2 aromatic rings. The van der Waals surface area contributed by atoms with E-state index in [9.17, 15) is 14.7 Å². The number of ether oxygens (including phenoxy) is 2. The maximum Gasteiger partial charge on any atom is 0.322 e. The fourth-order valence-corrected chi connectivity index (χ4v) is 3.61. The molecule has 0 saturated carbocycles. The number of anilines is 1. The van der Waals surface area contributed by atoms with Crippen molar-refractivity contribution in [3.05, 3.63) is 52.5 Å². The van der Waals surface area contributed by atoms with Crippen molar-refractivity contribution in [2.24, 2.45) is 0 Å². The van der Waals surface area contributed by atoms with Gasteiger partial charge in [0, 0.05) is 17.3 Å². The highest BCUT2D eigenvalue weighted by molar-refractivity contribution is 6.30. The zero-order valence-corrected chi connectivity index (χ0v) is 16.3. The average Bonchev–Trinajstić information content (AvgIpc) is 2.66. The first kappa shape index (κ1) is 19.8. The van der Waals surface area contributed by atoms with Crippen LogP contribution in [0, 0.1) is 0 Å². The van der Waals surface area contributed by atoms with Crippen LogP contribution in [0.5, 0.6) is 11.5 Å². The Morgan fingerprint density at radius 1 is 1.21 bits per heavy atom. The summed E-state index contributed by atoms with van der Waals surface area (Å²) < 4.78 is 10.7. The number of carbonyl (C=O) groups excluding carboxylic acids is 1.